The van der Waals surface area contributed by atoms with E-state index in [1.54, 1.807) is 25.1 Å². The molecule has 0 spiro atoms. The quantitative estimate of drug-likeness (QED) is 0.0491. The van der Waals surface area contributed by atoms with E-state index in [0.29, 0.717) is 30.3 Å². The number of rotatable bonds is 15. The van der Waals surface area contributed by atoms with Crippen LogP contribution in [0.1, 0.15) is 81.1 Å². The molecule has 8 heteroatoms. The molecule has 0 fully saturated rings. The van der Waals surface area contributed by atoms with Gasteiger partial charge in [-0.3, -0.25) is 4.79 Å². The number of hydrogen-bond donors (Lipinski definition) is 0. The monoisotopic (exact) mass is 550 g/mol. The van der Waals surface area contributed by atoms with Gasteiger partial charge in [0.25, 0.3) is 15.6 Å². The number of fused-ring (bicyclic) bond motifs is 1. The molecular weight excluding hydrogens is 512 g/mol. The smallest absolute Gasteiger partial charge is 0.456 e. The number of ether oxygens (including phenoxy) is 2. The highest BCUT2D eigenvalue weighted by Crippen LogP contribution is 2.34. The predicted molar refractivity (Wildman–Crippen MR) is 155 cm³/mol. The summed E-state index contributed by atoms with van der Waals surface area (Å²) in [6, 6.07) is 15.3. The third-order valence-corrected chi connectivity index (χ3v) is 8.39. The number of unbranched alkanes of at least 4 members (excludes halogenated alkanes) is 6. The molecule has 0 N–H and O–H groups in total. The highest BCUT2D eigenvalue weighted by molar-refractivity contribution is 8.08. The topological polar surface area (TPSA) is 106 Å². The summed E-state index contributed by atoms with van der Waals surface area (Å²) in [5, 5.41) is 0.734. The van der Waals surface area contributed by atoms with Crippen molar-refractivity contribution in [2.45, 2.75) is 77.0 Å². The highest BCUT2D eigenvalue weighted by Gasteiger charge is 2.40. The Hall–Kier alpha value is -3.48. The fourth-order valence-corrected chi connectivity index (χ4v) is 5.78. The minimum atomic E-state index is -4.48. The van der Waals surface area contributed by atoms with E-state index in [2.05, 4.69) is 18.6 Å². The maximum absolute atomic E-state index is 13.7. The number of carbonyl (C=O) groups excluding carboxylic acids is 1. The van der Waals surface area contributed by atoms with E-state index in [9.17, 15) is 18.7 Å². The standard InChI is InChI=1S/C31H38N2O5S/c1-4-6-8-12-18-37-27-20-23(3)29(22-28(27)38-19-13-9-7-5-2)39(35,36)31(33-32)30(34)26-17-16-24-14-10-11-15-25(24)21-26/h10-11,14-17,20-22H,4-9,12-13,18-19H2,1-3H3. The van der Waals surface area contributed by atoms with Crippen molar-refractivity contribution >= 4 is 31.4 Å². The Labute approximate surface area is 231 Å². The van der Waals surface area contributed by atoms with E-state index in [0.717, 1.165) is 62.1 Å². The molecule has 0 bridgehead atoms. The molecule has 3 aromatic rings. The van der Waals surface area contributed by atoms with Crippen LogP contribution in [-0.4, -0.2) is 37.2 Å². The van der Waals surface area contributed by atoms with Gasteiger partial charge in [0.1, 0.15) is 0 Å². The minimum Gasteiger partial charge on any atom is -0.490 e. The van der Waals surface area contributed by atoms with Gasteiger partial charge in [0.05, 0.1) is 18.1 Å². The number of nitrogens with zero attached hydrogens (tertiary/aromatic N) is 2. The van der Waals surface area contributed by atoms with Gasteiger partial charge in [-0.15, -0.1) is 4.79 Å². The molecule has 0 aromatic heterocycles. The number of ketones is 1. The molecule has 0 radical (unpaired) electrons. The molecule has 0 saturated carbocycles. The average Bonchev–Trinajstić information content (AvgIpc) is 2.93. The fourth-order valence-electron chi connectivity index (χ4n) is 4.36. The zero-order valence-electron chi connectivity index (χ0n) is 23.1. The summed E-state index contributed by atoms with van der Waals surface area (Å²) in [6.45, 7) is 6.79. The van der Waals surface area contributed by atoms with Crippen molar-refractivity contribution in [1.29, 1.82) is 0 Å². The van der Waals surface area contributed by atoms with Crippen molar-refractivity contribution in [3.63, 3.8) is 0 Å². The third kappa shape index (κ3) is 7.78. The largest absolute Gasteiger partial charge is 0.490 e. The van der Waals surface area contributed by atoms with Gasteiger partial charge >= 0.3 is 5.04 Å². The summed E-state index contributed by atoms with van der Waals surface area (Å²) in [5.74, 6) is -0.135. The first-order chi connectivity index (χ1) is 18.8. The van der Waals surface area contributed by atoms with Crippen LogP contribution >= 0.6 is 0 Å². The normalized spacial score (nSPS) is 11.3. The lowest BCUT2D eigenvalue weighted by Crippen LogP contribution is -2.26. The molecule has 0 unspecified atom stereocenters. The Balaban J connectivity index is 1.93. The molecule has 3 rings (SSSR count). The van der Waals surface area contributed by atoms with E-state index in [4.69, 9.17) is 9.47 Å². The Bertz CT molecular complexity index is 1440. The van der Waals surface area contributed by atoms with Crippen LogP contribution in [0.4, 0.5) is 0 Å². The molecular formula is C31H38N2O5S. The summed E-state index contributed by atoms with van der Waals surface area (Å²) in [7, 11) is -4.48. The number of hydrogen-bond acceptors (Lipinski definition) is 5. The predicted octanol–water partition coefficient (Wildman–Crippen LogP) is 7.35. The van der Waals surface area contributed by atoms with Crippen molar-refractivity contribution in [3.8, 4) is 11.5 Å². The highest BCUT2D eigenvalue weighted by atomic mass is 32.2. The van der Waals surface area contributed by atoms with E-state index < -0.39 is 20.7 Å². The number of benzene rings is 3. The Kier molecular flexibility index (Phi) is 11.3. The molecule has 0 heterocycles. The zero-order valence-corrected chi connectivity index (χ0v) is 23.9. The molecule has 0 amide bonds. The van der Waals surface area contributed by atoms with Crippen LogP contribution in [0, 0.1) is 6.92 Å². The molecule has 3 aromatic carbocycles. The van der Waals surface area contributed by atoms with Crippen molar-refractivity contribution < 1.29 is 27.5 Å². The zero-order chi connectivity index (χ0) is 28.3. The molecule has 0 atom stereocenters. The van der Waals surface area contributed by atoms with Crippen LogP contribution in [0.15, 0.2) is 59.5 Å². The maximum Gasteiger partial charge on any atom is 0.456 e. The van der Waals surface area contributed by atoms with Gasteiger partial charge in [0.15, 0.2) is 11.5 Å². The van der Waals surface area contributed by atoms with Gasteiger partial charge in [-0.05, 0) is 48.2 Å². The first kappa shape index (κ1) is 30.1. The van der Waals surface area contributed by atoms with Crippen molar-refractivity contribution in [3.05, 3.63) is 71.3 Å². The summed E-state index contributed by atoms with van der Waals surface area (Å²) < 4.78 is 39.3. The number of carbonyl (C=O) groups is 1. The third-order valence-electron chi connectivity index (χ3n) is 6.59. The minimum absolute atomic E-state index is 0.113. The first-order valence-corrected chi connectivity index (χ1v) is 15.2. The van der Waals surface area contributed by atoms with Crippen LogP contribution in [0.5, 0.6) is 11.5 Å². The molecule has 39 heavy (non-hydrogen) atoms. The number of sulfone groups is 1. The molecule has 0 aliphatic carbocycles. The number of aryl methyl sites for hydroxylation is 1. The Morgan fingerprint density at radius 1 is 0.795 bits per heavy atom. The number of Topliss-reactive ketones (excluding diaryl/α,β-unsaturated/α-hetero) is 1. The van der Waals surface area contributed by atoms with Gasteiger partial charge in [-0.1, -0.05) is 88.8 Å². The van der Waals surface area contributed by atoms with E-state index in [1.807, 2.05) is 24.3 Å². The Morgan fingerprint density at radius 2 is 1.38 bits per heavy atom. The maximum atomic E-state index is 13.7. The van der Waals surface area contributed by atoms with Crippen LogP contribution in [-0.2, 0) is 9.84 Å². The van der Waals surface area contributed by atoms with Crippen molar-refractivity contribution in [1.82, 2.24) is 0 Å². The van der Waals surface area contributed by atoms with E-state index in [-0.39, 0.29) is 10.5 Å². The van der Waals surface area contributed by atoms with E-state index >= 15 is 0 Å². The lowest BCUT2D eigenvalue weighted by molar-refractivity contribution is -0.00158. The fraction of sp³-hybridized carbons (Fsp3) is 0.419. The second-order valence-electron chi connectivity index (χ2n) is 9.68. The van der Waals surface area contributed by atoms with Crippen LogP contribution < -0.4 is 9.47 Å². The van der Waals surface area contributed by atoms with Crippen LogP contribution in [0.3, 0.4) is 0 Å². The van der Waals surface area contributed by atoms with Gasteiger partial charge in [-0.25, -0.2) is 8.42 Å². The van der Waals surface area contributed by atoms with Crippen molar-refractivity contribution in [2.24, 2.45) is 0 Å². The first-order valence-electron chi connectivity index (χ1n) is 13.7. The molecule has 0 saturated heterocycles. The second kappa shape index (κ2) is 14.6. The van der Waals surface area contributed by atoms with Crippen LogP contribution in [0.25, 0.3) is 16.3 Å². The van der Waals surface area contributed by atoms with Gasteiger partial charge < -0.3 is 15.0 Å². The van der Waals surface area contributed by atoms with Gasteiger partial charge in [0, 0.05) is 11.6 Å². The molecule has 208 valence electrons. The lowest BCUT2D eigenvalue weighted by atomic mass is 10.0. The summed E-state index contributed by atoms with van der Waals surface area (Å²) in [4.78, 5) is 16.1. The summed E-state index contributed by atoms with van der Waals surface area (Å²) >= 11 is 0. The second-order valence-corrected chi connectivity index (χ2v) is 11.5. The summed E-state index contributed by atoms with van der Waals surface area (Å²) in [5.41, 5.74) is 10.2. The average molecular weight is 551 g/mol. The molecule has 0 aliphatic heterocycles. The Morgan fingerprint density at radius 3 is 1.97 bits per heavy atom. The SMILES string of the molecule is CCCCCCOc1cc(C)c(S(=O)(=O)C(=[N+]=[N-])C(=O)c2ccc3ccccc3c2)cc1OCCCCCC. The van der Waals surface area contributed by atoms with Gasteiger partial charge in [-0.2, -0.15) is 0 Å². The lowest BCUT2D eigenvalue weighted by Gasteiger charge is -2.16. The summed E-state index contributed by atoms with van der Waals surface area (Å²) in [6.07, 6.45) is 8.16. The molecule has 7 nitrogen and oxygen atoms in total. The van der Waals surface area contributed by atoms with Gasteiger partial charge in [0.2, 0.25) is 0 Å². The van der Waals surface area contributed by atoms with Crippen molar-refractivity contribution in [2.75, 3.05) is 13.2 Å². The van der Waals surface area contributed by atoms with E-state index in [1.165, 1.54) is 12.1 Å². The molecule has 0 aliphatic rings. The van der Waals surface area contributed by atoms with Crippen LogP contribution in [0.2, 0.25) is 0 Å².